The number of aromatic nitrogens is 2. The summed E-state index contributed by atoms with van der Waals surface area (Å²) < 4.78 is 0. The van der Waals surface area contributed by atoms with Gasteiger partial charge in [-0.1, -0.05) is 6.92 Å². The maximum atomic E-state index is 11.7. The van der Waals surface area contributed by atoms with Gasteiger partial charge in [0.15, 0.2) is 5.13 Å². The summed E-state index contributed by atoms with van der Waals surface area (Å²) in [5.74, 6) is -0.129. The molecule has 94 valence electrons. The van der Waals surface area contributed by atoms with Crippen molar-refractivity contribution in [1.82, 2.24) is 15.3 Å². The Balaban J connectivity index is 2.00. The lowest BCUT2D eigenvalue weighted by Crippen LogP contribution is -2.24. The van der Waals surface area contributed by atoms with E-state index >= 15 is 0 Å². The molecule has 1 amide bonds. The van der Waals surface area contributed by atoms with Gasteiger partial charge in [-0.15, -0.1) is 11.3 Å². The van der Waals surface area contributed by atoms with Crippen molar-refractivity contribution in [2.24, 2.45) is 0 Å². The second-order valence-electron chi connectivity index (χ2n) is 3.65. The van der Waals surface area contributed by atoms with Crippen molar-refractivity contribution < 1.29 is 4.79 Å². The van der Waals surface area contributed by atoms with Crippen molar-refractivity contribution in [2.45, 2.75) is 13.3 Å². The number of carbonyl (C=O) groups excluding carboxylic acids is 1. The zero-order valence-electron chi connectivity index (χ0n) is 10.0. The van der Waals surface area contributed by atoms with E-state index in [1.54, 1.807) is 17.8 Å². The first-order valence-corrected chi connectivity index (χ1v) is 6.58. The SMILES string of the molecule is CCCNC(=O)c1csc(Nc2ccncc2)n1. The topological polar surface area (TPSA) is 66.9 Å². The molecule has 0 spiro atoms. The van der Waals surface area contributed by atoms with Crippen LogP contribution in [0.15, 0.2) is 29.9 Å². The highest BCUT2D eigenvalue weighted by atomic mass is 32.1. The van der Waals surface area contributed by atoms with E-state index in [2.05, 4.69) is 20.6 Å². The summed E-state index contributed by atoms with van der Waals surface area (Å²) in [6.07, 6.45) is 4.31. The molecule has 0 atom stereocenters. The summed E-state index contributed by atoms with van der Waals surface area (Å²) in [6, 6.07) is 3.69. The van der Waals surface area contributed by atoms with Crippen LogP contribution >= 0.6 is 11.3 Å². The standard InChI is InChI=1S/C12H14N4OS/c1-2-5-14-11(17)10-8-18-12(16-10)15-9-3-6-13-7-4-9/h3-4,6-8H,2,5H2,1H3,(H,14,17)(H,13,15,16). The molecule has 18 heavy (non-hydrogen) atoms. The van der Waals surface area contributed by atoms with Crippen molar-refractivity contribution >= 4 is 28.1 Å². The van der Waals surface area contributed by atoms with Crippen LogP contribution < -0.4 is 10.6 Å². The predicted molar refractivity (Wildman–Crippen MR) is 72.3 cm³/mol. The number of rotatable bonds is 5. The quantitative estimate of drug-likeness (QED) is 0.868. The van der Waals surface area contributed by atoms with Crippen LogP contribution in [0.1, 0.15) is 23.8 Å². The van der Waals surface area contributed by atoms with Crippen molar-refractivity contribution in [3.8, 4) is 0 Å². The number of amides is 1. The largest absolute Gasteiger partial charge is 0.351 e. The fourth-order valence-corrected chi connectivity index (χ4v) is 2.03. The molecule has 0 saturated heterocycles. The van der Waals surface area contributed by atoms with E-state index in [0.29, 0.717) is 17.4 Å². The van der Waals surface area contributed by atoms with E-state index in [1.807, 2.05) is 19.1 Å². The number of hydrogen-bond donors (Lipinski definition) is 2. The number of hydrogen-bond acceptors (Lipinski definition) is 5. The average molecular weight is 262 g/mol. The molecule has 6 heteroatoms. The third-order valence-corrected chi connectivity index (χ3v) is 2.96. The number of nitrogens with one attached hydrogen (secondary N) is 2. The Morgan fingerprint density at radius 1 is 1.39 bits per heavy atom. The molecule has 0 aliphatic heterocycles. The molecule has 0 saturated carbocycles. The van der Waals surface area contributed by atoms with E-state index in [1.165, 1.54) is 11.3 Å². The molecule has 0 radical (unpaired) electrons. The minimum atomic E-state index is -0.129. The van der Waals surface area contributed by atoms with Gasteiger partial charge in [-0.05, 0) is 18.6 Å². The Morgan fingerprint density at radius 2 is 2.17 bits per heavy atom. The lowest BCUT2D eigenvalue weighted by Gasteiger charge is -2.01. The zero-order chi connectivity index (χ0) is 12.8. The first-order valence-electron chi connectivity index (χ1n) is 5.70. The monoisotopic (exact) mass is 262 g/mol. The van der Waals surface area contributed by atoms with Crippen LogP contribution in [-0.2, 0) is 0 Å². The van der Waals surface area contributed by atoms with Crippen LogP contribution in [-0.4, -0.2) is 22.4 Å². The van der Waals surface area contributed by atoms with Gasteiger partial charge in [0, 0.05) is 30.0 Å². The molecule has 0 aromatic carbocycles. The molecule has 0 fully saturated rings. The molecule has 2 N–H and O–H groups in total. The van der Waals surface area contributed by atoms with Gasteiger partial charge in [0.2, 0.25) is 0 Å². The Morgan fingerprint density at radius 3 is 2.89 bits per heavy atom. The van der Waals surface area contributed by atoms with E-state index in [4.69, 9.17) is 0 Å². The Kier molecular flexibility index (Phi) is 4.25. The van der Waals surface area contributed by atoms with Gasteiger partial charge in [-0.2, -0.15) is 0 Å². The summed E-state index contributed by atoms with van der Waals surface area (Å²) in [7, 11) is 0. The number of anilines is 2. The Bertz CT molecular complexity index is 512. The molecular formula is C12H14N4OS. The summed E-state index contributed by atoms with van der Waals surface area (Å²) >= 11 is 1.40. The zero-order valence-corrected chi connectivity index (χ0v) is 10.8. The summed E-state index contributed by atoms with van der Waals surface area (Å²) in [5.41, 5.74) is 1.35. The van der Waals surface area contributed by atoms with Gasteiger partial charge in [-0.3, -0.25) is 9.78 Å². The van der Waals surface area contributed by atoms with Gasteiger partial charge in [-0.25, -0.2) is 4.98 Å². The van der Waals surface area contributed by atoms with Crippen molar-refractivity contribution in [3.63, 3.8) is 0 Å². The third kappa shape index (κ3) is 3.27. The number of nitrogens with zero attached hydrogens (tertiary/aromatic N) is 2. The molecule has 0 aliphatic rings. The maximum Gasteiger partial charge on any atom is 0.270 e. The van der Waals surface area contributed by atoms with Gasteiger partial charge < -0.3 is 10.6 Å². The minimum Gasteiger partial charge on any atom is -0.351 e. The van der Waals surface area contributed by atoms with Crippen molar-refractivity contribution in [1.29, 1.82) is 0 Å². The number of thiazole rings is 1. The normalized spacial score (nSPS) is 10.1. The second kappa shape index (κ2) is 6.11. The van der Waals surface area contributed by atoms with E-state index in [9.17, 15) is 4.79 Å². The summed E-state index contributed by atoms with van der Waals surface area (Å²) in [5, 5.41) is 8.36. The molecule has 2 aromatic heterocycles. The third-order valence-electron chi connectivity index (χ3n) is 2.20. The van der Waals surface area contributed by atoms with Crippen LogP contribution in [0.2, 0.25) is 0 Å². The van der Waals surface area contributed by atoms with Gasteiger partial charge in [0.05, 0.1) is 0 Å². The van der Waals surface area contributed by atoms with E-state index < -0.39 is 0 Å². The van der Waals surface area contributed by atoms with Crippen molar-refractivity contribution in [2.75, 3.05) is 11.9 Å². The molecule has 0 unspecified atom stereocenters. The summed E-state index contributed by atoms with van der Waals surface area (Å²) in [4.78, 5) is 19.8. The minimum absolute atomic E-state index is 0.129. The fourth-order valence-electron chi connectivity index (χ4n) is 1.32. The smallest absolute Gasteiger partial charge is 0.270 e. The highest BCUT2D eigenvalue weighted by Crippen LogP contribution is 2.20. The predicted octanol–water partition coefficient (Wildman–Crippen LogP) is 2.42. The molecule has 2 heterocycles. The molecule has 0 bridgehead atoms. The van der Waals surface area contributed by atoms with Crippen LogP contribution in [0.5, 0.6) is 0 Å². The van der Waals surface area contributed by atoms with Gasteiger partial charge in [0.25, 0.3) is 5.91 Å². The van der Waals surface area contributed by atoms with Gasteiger partial charge >= 0.3 is 0 Å². The molecule has 2 aromatic rings. The highest BCUT2D eigenvalue weighted by molar-refractivity contribution is 7.14. The van der Waals surface area contributed by atoms with E-state index in [0.717, 1.165) is 12.1 Å². The molecule has 2 rings (SSSR count). The first-order chi connectivity index (χ1) is 8.79. The number of pyridine rings is 1. The van der Waals surface area contributed by atoms with Crippen molar-refractivity contribution in [3.05, 3.63) is 35.6 Å². The molecule has 0 aliphatic carbocycles. The lowest BCUT2D eigenvalue weighted by atomic mass is 10.4. The van der Waals surface area contributed by atoms with Crippen LogP contribution in [0, 0.1) is 0 Å². The van der Waals surface area contributed by atoms with Crippen LogP contribution in [0.4, 0.5) is 10.8 Å². The lowest BCUT2D eigenvalue weighted by molar-refractivity contribution is 0.0949. The molecule has 5 nitrogen and oxygen atoms in total. The second-order valence-corrected chi connectivity index (χ2v) is 4.51. The Labute approximate surface area is 109 Å². The first kappa shape index (κ1) is 12.5. The molecular weight excluding hydrogens is 248 g/mol. The van der Waals surface area contributed by atoms with Gasteiger partial charge in [0.1, 0.15) is 5.69 Å². The summed E-state index contributed by atoms with van der Waals surface area (Å²) in [6.45, 7) is 2.68. The fraction of sp³-hybridized carbons (Fsp3) is 0.250. The van der Waals surface area contributed by atoms with E-state index in [-0.39, 0.29) is 5.91 Å². The highest BCUT2D eigenvalue weighted by Gasteiger charge is 2.09. The Hall–Kier alpha value is -1.95. The van der Waals surface area contributed by atoms with Crippen LogP contribution in [0.25, 0.3) is 0 Å². The van der Waals surface area contributed by atoms with Crippen LogP contribution in [0.3, 0.4) is 0 Å². The average Bonchev–Trinajstić information content (AvgIpc) is 2.86. The number of carbonyl (C=O) groups is 1. The maximum absolute atomic E-state index is 11.7.